The van der Waals surface area contributed by atoms with Crippen LogP contribution in [0.3, 0.4) is 0 Å². The van der Waals surface area contributed by atoms with Gasteiger partial charge < -0.3 is 5.11 Å². The third-order valence-electron chi connectivity index (χ3n) is 4.35. The van der Waals surface area contributed by atoms with Crippen molar-refractivity contribution in [1.82, 2.24) is 0 Å². The van der Waals surface area contributed by atoms with Crippen LogP contribution in [0.25, 0.3) is 10.8 Å². The van der Waals surface area contributed by atoms with Crippen molar-refractivity contribution in [1.29, 1.82) is 0 Å². The number of aryl methyl sites for hydroxylation is 1. The highest BCUT2D eigenvalue weighted by Crippen LogP contribution is 2.43. The van der Waals surface area contributed by atoms with Gasteiger partial charge >= 0.3 is 0 Å². The van der Waals surface area contributed by atoms with E-state index in [0.29, 0.717) is 0 Å². The molecule has 1 fully saturated rings. The highest BCUT2D eigenvalue weighted by Gasteiger charge is 2.43. The van der Waals surface area contributed by atoms with Crippen LogP contribution in [-0.4, -0.2) is 17.5 Å². The van der Waals surface area contributed by atoms with Gasteiger partial charge in [-0.2, -0.15) is 0 Å². The predicted octanol–water partition coefficient (Wildman–Crippen LogP) is 3.49. The first kappa shape index (κ1) is 12.4. The Kier molecular flexibility index (Phi) is 2.90. The lowest BCUT2D eigenvalue weighted by atomic mass is 9.65. The zero-order valence-corrected chi connectivity index (χ0v) is 11.1. The van der Waals surface area contributed by atoms with Crippen LogP contribution < -0.4 is 0 Å². The second-order valence-electron chi connectivity index (χ2n) is 5.69. The van der Waals surface area contributed by atoms with Crippen LogP contribution in [0, 0.1) is 12.3 Å². The number of rotatable bonds is 3. The zero-order chi connectivity index (χ0) is 13.5. The van der Waals surface area contributed by atoms with Gasteiger partial charge in [-0.1, -0.05) is 42.3 Å². The molecule has 2 heteroatoms. The Labute approximate surface area is 113 Å². The molecule has 2 aromatic rings. The van der Waals surface area contributed by atoms with Gasteiger partial charge in [0.15, 0.2) is 5.78 Å². The average molecular weight is 254 g/mol. The summed E-state index contributed by atoms with van der Waals surface area (Å²) in [6.07, 6.45) is 2.67. The van der Waals surface area contributed by atoms with E-state index in [1.54, 1.807) is 0 Å². The lowest BCUT2D eigenvalue weighted by Gasteiger charge is -2.38. The molecule has 0 atom stereocenters. The maximum Gasteiger partial charge on any atom is 0.171 e. The lowest BCUT2D eigenvalue weighted by Crippen LogP contribution is -2.41. The van der Waals surface area contributed by atoms with E-state index in [2.05, 4.69) is 19.1 Å². The Bertz CT molecular complexity index is 633. The zero-order valence-electron chi connectivity index (χ0n) is 11.1. The standard InChI is InChI=1S/C17H18O2/c1-12-3-4-14-10-15(6-5-13(14)9-12)16(19)17(11-18)7-2-8-17/h3-6,9-10,18H,2,7-8,11H2,1H3. The SMILES string of the molecule is Cc1ccc2cc(C(=O)C3(CO)CCC3)ccc2c1. The molecule has 2 nitrogen and oxygen atoms in total. The van der Waals surface area contributed by atoms with Crippen LogP contribution in [-0.2, 0) is 0 Å². The van der Waals surface area contributed by atoms with Gasteiger partial charge in [-0.15, -0.1) is 0 Å². The van der Waals surface area contributed by atoms with Crippen LogP contribution in [0.2, 0.25) is 0 Å². The van der Waals surface area contributed by atoms with Crippen LogP contribution in [0.5, 0.6) is 0 Å². The van der Waals surface area contributed by atoms with Crippen molar-refractivity contribution in [3.8, 4) is 0 Å². The van der Waals surface area contributed by atoms with Crippen molar-refractivity contribution < 1.29 is 9.90 Å². The first-order chi connectivity index (χ1) is 9.14. The molecule has 1 N–H and O–H groups in total. The highest BCUT2D eigenvalue weighted by atomic mass is 16.3. The quantitative estimate of drug-likeness (QED) is 0.851. The number of aliphatic hydroxyl groups excluding tert-OH is 1. The molecular formula is C17H18O2. The Morgan fingerprint density at radius 2 is 1.84 bits per heavy atom. The summed E-state index contributed by atoms with van der Waals surface area (Å²) in [5.41, 5.74) is 1.45. The molecule has 98 valence electrons. The third-order valence-corrected chi connectivity index (χ3v) is 4.35. The molecule has 1 saturated carbocycles. The summed E-state index contributed by atoms with van der Waals surface area (Å²) in [5, 5.41) is 11.7. The molecule has 0 radical (unpaired) electrons. The summed E-state index contributed by atoms with van der Waals surface area (Å²) in [4.78, 5) is 12.5. The maximum absolute atomic E-state index is 12.5. The first-order valence-corrected chi connectivity index (χ1v) is 6.81. The highest BCUT2D eigenvalue weighted by molar-refractivity contribution is 6.04. The number of fused-ring (bicyclic) bond motifs is 1. The summed E-state index contributed by atoms with van der Waals surface area (Å²) in [5.74, 6) is 0.101. The fourth-order valence-corrected chi connectivity index (χ4v) is 2.87. The van der Waals surface area contributed by atoms with Crippen LogP contribution >= 0.6 is 0 Å². The summed E-state index contributed by atoms with van der Waals surface area (Å²) >= 11 is 0. The van der Waals surface area contributed by atoms with Gasteiger partial charge in [0, 0.05) is 5.56 Å². The number of carbonyl (C=O) groups excluding carboxylic acids is 1. The maximum atomic E-state index is 12.5. The fourth-order valence-electron chi connectivity index (χ4n) is 2.87. The number of ketones is 1. The Morgan fingerprint density at radius 3 is 2.47 bits per heavy atom. The van der Waals surface area contributed by atoms with Crippen molar-refractivity contribution in [2.24, 2.45) is 5.41 Å². The molecule has 0 amide bonds. The molecule has 3 rings (SSSR count). The summed E-state index contributed by atoms with van der Waals surface area (Å²) in [6.45, 7) is 2.03. The molecule has 0 heterocycles. The molecule has 0 spiro atoms. The minimum Gasteiger partial charge on any atom is -0.395 e. The van der Waals surface area contributed by atoms with E-state index in [4.69, 9.17) is 0 Å². The Balaban J connectivity index is 2.01. The number of aliphatic hydroxyl groups is 1. The normalized spacial score (nSPS) is 17.2. The van der Waals surface area contributed by atoms with E-state index in [0.717, 1.165) is 35.6 Å². The molecule has 2 aromatic carbocycles. The van der Waals surface area contributed by atoms with Crippen molar-refractivity contribution in [2.75, 3.05) is 6.61 Å². The van der Waals surface area contributed by atoms with E-state index in [1.807, 2.05) is 24.3 Å². The van der Waals surface area contributed by atoms with Gasteiger partial charge in [-0.25, -0.2) is 0 Å². The molecule has 0 saturated heterocycles. The molecule has 1 aliphatic rings. The van der Waals surface area contributed by atoms with Crippen LogP contribution in [0.4, 0.5) is 0 Å². The van der Waals surface area contributed by atoms with E-state index in [1.165, 1.54) is 5.56 Å². The van der Waals surface area contributed by atoms with E-state index >= 15 is 0 Å². The Hall–Kier alpha value is -1.67. The minimum absolute atomic E-state index is 0.0300. The molecule has 1 aliphatic carbocycles. The van der Waals surface area contributed by atoms with Gasteiger partial charge in [-0.05, 0) is 36.6 Å². The number of hydrogen-bond donors (Lipinski definition) is 1. The predicted molar refractivity (Wildman–Crippen MR) is 76.4 cm³/mol. The average Bonchev–Trinajstić information content (AvgIpc) is 2.37. The van der Waals surface area contributed by atoms with Crippen molar-refractivity contribution in [3.63, 3.8) is 0 Å². The summed E-state index contributed by atoms with van der Waals surface area (Å²) in [6, 6.07) is 12.1. The van der Waals surface area contributed by atoms with Crippen molar-refractivity contribution in [3.05, 3.63) is 47.5 Å². The molecule has 19 heavy (non-hydrogen) atoms. The fraction of sp³-hybridized carbons (Fsp3) is 0.353. The Morgan fingerprint density at radius 1 is 1.16 bits per heavy atom. The molecule has 0 aromatic heterocycles. The van der Waals surface area contributed by atoms with E-state index in [-0.39, 0.29) is 12.4 Å². The lowest BCUT2D eigenvalue weighted by molar-refractivity contribution is 0.0348. The number of Topliss-reactive ketones (excluding diaryl/α,β-unsaturated/α-hetero) is 1. The van der Waals surface area contributed by atoms with Gasteiger partial charge in [0.05, 0.1) is 12.0 Å². The van der Waals surface area contributed by atoms with Crippen LogP contribution in [0.15, 0.2) is 36.4 Å². The van der Waals surface area contributed by atoms with E-state index in [9.17, 15) is 9.90 Å². The van der Waals surface area contributed by atoms with Gasteiger partial charge in [-0.3, -0.25) is 4.79 Å². The number of hydrogen-bond acceptors (Lipinski definition) is 2. The topological polar surface area (TPSA) is 37.3 Å². The van der Waals surface area contributed by atoms with E-state index < -0.39 is 5.41 Å². The second-order valence-corrected chi connectivity index (χ2v) is 5.69. The molecular weight excluding hydrogens is 236 g/mol. The second kappa shape index (κ2) is 4.46. The number of carbonyl (C=O) groups is 1. The molecule has 0 unspecified atom stereocenters. The molecule has 0 aliphatic heterocycles. The minimum atomic E-state index is -0.502. The van der Waals surface area contributed by atoms with Crippen molar-refractivity contribution >= 4 is 16.6 Å². The third kappa shape index (κ3) is 1.96. The summed E-state index contributed by atoms with van der Waals surface area (Å²) in [7, 11) is 0. The van der Waals surface area contributed by atoms with Gasteiger partial charge in [0.25, 0.3) is 0 Å². The van der Waals surface area contributed by atoms with Gasteiger partial charge in [0.1, 0.15) is 0 Å². The summed E-state index contributed by atoms with van der Waals surface area (Å²) < 4.78 is 0. The monoisotopic (exact) mass is 254 g/mol. The van der Waals surface area contributed by atoms with Crippen LogP contribution in [0.1, 0.15) is 35.2 Å². The molecule has 0 bridgehead atoms. The first-order valence-electron chi connectivity index (χ1n) is 6.81. The smallest absolute Gasteiger partial charge is 0.171 e. The number of benzene rings is 2. The van der Waals surface area contributed by atoms with Crippen molar-refractivity contribution in [2.45, 2.75) is 26.2 Å². The van der Waals surface area contributed by atoms with Gasteiger partial charge in [0.2, 0.25) is 0 Å². The largest absolute Gasteiger partial charge is 0.395 e.